The lowest BCUT2D eigenvalue weighted by molar-refractivity contribution is -0.129. The van der Waals surface area contributed by atoms with Crippen molar-refractivity contribution in [3.8, 4) is 0 Å². The zero-order chi connectivity index (χ0) is 12.1. The molecule has 4 heteroatoms. The second-order valence-corrected chi connectivity index (χ2v) is 4.13. The summed E-state index contributed by atoms with van der Waals surface area (Å²) in [6.07, 6.45) is 1.95. The zero-order valence-corrected chi connectivity index (χ0v) is 10.5. The molecule has 1 N–H and O–H groups in total. The lowest BCUT2D eigenvalue weighted by Crippen LogP contribution is -2.28. The fourth-order valence-electron chi connectivity index (χ4n) is 1.66. The van der Waals surface area contributed by atoms with E-state index in [1.807, 2.05) is 16.8 Å². The summed E-state index contributed by atoms with van der Waals surface area (Å²) in [6, 6.07) is 4.30. The molecule has 4 nitrogen and oxygen atoms in total. The van der Waals surface area contributed by atoms with E-state index in [1.54, 1.807) is 19.0 Å². The van der Waals surface area contributed by atoms with Crippen LogP contribution in [0, 0.1) is 0 Å². The van der Waals surface area contributed by atoms with Crippen LogP contribution in [0.15, 0.2) is 18.3 Å². The minimum Gasteiger partial charge on any atom is -0.347 e. The van der Waals surface area contributed by atoms with Crippen LogP contribution >= 0.6 is 0 Å². The molecule has 16 heavy (non-hydrogen) atoms. The molecule has 90 valence electrons. The zero-order valence-electron chi connectivity index (χ0n) is 10.5. The van der Waals surface area contributed by atoms with E-state index in [1.165, 1.54) is 0 Å². The van der Waals surface area contributed by atoms with Gasteiger partial charge in [-0.2, -0.15) is 0 Å². The van der Waals surface area contributed by atoms with Crippen molar-refractivity contribution < 1.29 is 4.79 Å². The SMILES string of the molecule is CCNC(C)c1cccn1CC(=O)N(C)C. The molecule has 0 spiro atoms. The minimum absolute atomic E-state index is 0.112. The molecule has 0 bridgehead atoms. The average Bonchev–Trinajstić information content (AvgIpc) is 2.66. The third kappa shape index (κ3) is 3.10. The van der Waals surface area contributed by atoms with Gasteiger partial charge in [0.15, 0.2) is 0 Å². The number of hydrogen-bond acceptors (Lipinski definition) is 2. The number of nitrogens with zero attached hydrogens (tertiary/aromatic N) is 2. The summed E-state index contributed by atoms with van der Waals surface area (Å²) in [4.78, 5) is 13.2. The Hall–Kier alpha value is -1.29. The summed E-state index contributed by atoms with van der Waals surface area (Å²) < 4.78 is 2.00. The number of aromatic nitrogens is 1. The van der Waals surface area contributed by atoms with Crippen molar-refractivity contribution in [2.24, 2.45) is 0 Å². The fraction of sp³-hybridized carbons (Fsp3) is 0.583. The smallest absolute Gasteiger partial charge is 0.241 e. The van der Waals surface area contributed by atoms with Crippen molar-refractivity contribution in [1.29, 1.82) is 0 Å². The molecule has 0 radical (unpaired) electrons. The quantitative estimate of drug-likeness (QED) is 0.815. The molecular formula is C12H21N3O. The summed E-state index contributed by atoms with van der Waals surface area (Å²) >= 11 is 0. The Balaban J connectivity index is 2.74. The first-order valence-corrected chi connectivity index (χ1v) is 5.64. The third-order valence-corrected chi connectivity index (χ3v) is 2.62. The molecule has 1 aromatic heterocycles. The average molecular weight is 223 g/mol. The Labute approximate surface area is 97.2 Å². The number of amides is 1. The van der Waals surface area contributed by atoms with Crippen LogP contribution in [-0.4, -0.2) is 36.0 Å². The molecular weight excluding hydrogens is 202 g/mol. The summed E-state index contributed by atoms with van der Waals surface area (Å²) in [5.41, 5.74) is 1.15. The first-order valence-electron chi connectivity index (χ1n) is 5.64. The molecule has 1 amide bonds. The van der Waals surface area contributed by atoms with Crippen LogP contribution in [0.3, 0.4) is 0 Å². The highest BCUT2D eigenvalue weighted by Gasteiger charge is 2.12. The van der Waals surface area contributed by atoms with Gasteiger partial charge in [-0.3, -0.25) is 4.79 Å². The van der Waals surface area contributed by atoms with Crippen LogP contribution in [0.2, 0.25) is 0 Å². The molecule has 1 heterocycles. The van der Waals surface area contributed by atoms with Crippen molar-refractivity contribution in [2.45, 2.75) is 26.4 Å². The highest BCUT2D eigenvalue weighted by atomic mass is 16.2. The van der Waals surface area contributed by atoms with Crippen LogP contribution in [-0.2, 0) is 11.3 Å². The number of likely N-dealkylation sites (N-methyl/N-ethyl adjacent to an activating group) is 1. The van der Waals surface area contributed by atoms with E-state index in [4.69, 9.17) is 0 Å². The molecule has 1 atom stereocenters. The van der Waals surface area contributed by atoms with Gasteiger partial charge >= 0.3 is 0 Å². The monoisotopic (exact) mass is 223 g/mol. The van der Waals surface area contributed by atoms with E-state index in [0.29, 0.717) is 6.54 Å². The number of hydrogen-bond donors (Lipinski definition) is 1. The van der Waals surface area contributed by atoms with Crippen LogP contribution < -0.4 is 5.32 Å². The van der Waals surface area contributed by atoms with Gasteiger partial charge in [0.05, 0.1) is 0 Å². The second kappa shape index (κ2) is 5.70. The highest BCUT2D eigenvalue weighted by Crippen LogP contribution is 2.13. The van der Waals surface area contributed by atoms with Crippen LogP contribution in [0.4, 0.5) is 0 Å². The first-order chi connectivity index (χ1) is 7.56. The fourth-order valence-corrected chi connectivity index (χ4v) is 1.66. The molecule has 1 rings (SSSR count). The highest BCUT2D eigenvalue weighted by molar-refractivity contribution is 5.75. The summed E-state index contributed by atoms with van der Waals surface area (Å²) in [6.45, 7) is 5.52. The van der Waals surface area contributed by atoms with E-state index in [0.717, 1.165) is 12.2 Å². The van der Waals surface area contributed by atoms with E-state index >= 15 is 0 Å². The van der Waals surface area contributed by atoms with Gasteiger partial charge in [-0.15, -0.1) is 0 Å². The maximum absolute atomic E-state index is 11.6. The molecule has 1 aromatic rings. The molecule has 1 unspecified atom stereocenters. The minimum atomic E-state index is 0.112. The van der Waals surface area contributed by atoms with Crippen molar-refractivity contribution in [2.75, 3.05) is 20.6 Å². The van der Waals surface area contributed by atoms with Gasteiger partial charge in [0.25, 0.3) is 0 Å². The first kappa shape index (κ1) is 12.8. The third-order valence-electron chi connectivity index (χ3n) is 2.62. The molecule has 0 aliphatic carbocycles. The van der Waals surface area contributed by atoms with Gasteiger partial charge in [0.2, 0.25) is 5.91 Å². The van der Waals surface area contributed by atoms with E-state index in [2.05, 4.69) is 25.2 Å². The summed E-state index contributed by atoms with van der Waals surface area (Å²) in [7, 11) is 3.55. The van der Waals surface area contributed by atoms with E-state index in [-0.39, 0.29) is 11.9 Å². The lowest BCUT2D eigenvalue weighted by Gasteiger charge is -2.17. The lowest BCUT2D eigenvalue weighted by atomic mass is 10.2. The predicted molar refractivity (Wildman–Crippen MR) is 65.2 cm³/mol. The summed E-state index contributed by atoms with van der Waals surface area (Å²) in [5.74, 6) is 0.112. The van der Waals surface area contributed by atoms with Gasteiger partial charge in [-0.1, -0.05) is 6.92 Å². The molecule has 0 aliphatic heterocycles. The Bertz CT molecular complexity index is 344. The normalized spacial score (nSPS) is 12.5. The topological polar surface area (TPSA) is 37.3 Å². The maximum Gasteiger partial charge on any atom is 0.241 e. The molecule has 0 aliphatic rings. The van der Waals surface area contributed by atoms with Gasteiger partial charge in [0.1, 0.15) is 6.54 Å². The molecule has 0 saturated heterocycles. The number of nitrogens with one attached hydrogen (secondary N) is 1. The maximum atomic E-state index is 11.6. The largest absolute Gasteiger partial charge is 0.347 e. The Morgan fingerprint density at radius 3 is 2.81 bits per heavy atom. The van der Waals surface area contributed by atoms with Gasteiger partial charge < -0.3 is 14.8 Å². The van der Waals surface area contributed by atoms with E-state index in [9.17, 15) is 4.79 Å². The molecule has 0 fully saturated rings. The van der Waals surface area contributed by atoms with Gasteiger partial charge in [-0.05, 0) is 25.6 Å². The van der Waals surface area contributed by atoms with E-state index < -0.39 is 0 Å². The Kier molecular flexibility index (Phi) is 4.55. The van der Waals surface area contributed by atoms with Gasteiger partial charge in [0, 0.05) is 32.0 Å². The molecule has 0 saturated carbocycles. The number of carbonyl (C=O) groups excluding carboxylic acids is 1. The van der Waals surface area contributed by atoms with Crippen molar-refractivity contribution >= 4 is 5.91 Å². The predicted octanol–water partition coefficient (Wildman–Crippen LogP) is 1.25. The van der Waals surface area contributed by atoms with Crippen LogP contribution in [0.5, 0.6) is 0 Å². The van der Waals surface area contributed by atoms with Crippen molar-refractivity contribution in [3.05, 3.63) is 24.0 Å². The Morgan fingerprint density at radius 2 is 2.25 bits per heavy atom. The van der Waals surface area contributed by atoms with Crippen LogP contribution in [0.25, 0.3) is 0 Å². The number of carbonyl (C=O) groups is 1. The van der Waals surface area contributed by atoms with Gasteiger partial charge in [-0.25, -0.2) is 0 Å². The van der Waals surface area contributed by atoms with Crippen molar-refractivity contribution in [1.82, 2.24) is 14.8 Å². The van der Waals surface area contributed by atoms with Crippen molar-refractivity contribution in [3.63, 3.8) is 0 Å². The standard InChI is InChI=1S/C12H21N3O/c1-5-13-10(2)11-7-6-8-15(11)9-12(16)14(3)4/h6-8,10,13H,5,9H2,1-4H3. The Morgan fingerprint density at radius 1 is 1.56 bits per heavy atom. The second-order valence-electron chi connectivity index (χ2n) is 4.13. The van der Waals surface area contributed by atoms with Crippen LogP contribution in [0.1, 0.15) is 25.6 Å². The molecule has 0 aromatic carbocycles. The summed E-state index contributed by atoms with van der Waals surface area (Å²) in [5, 5.41) is 3.35. The number of rotatable bonds is 5.